The zero-order valence-electron chi connectivity index (χ0n) is 15.2. The summed E-state index contributed by atoms with van der Waals surface area (Å²) in [6.07, 6.45) is 4.74. The Morgan fingerprint density at radius 3 is 2.89 bits per heavy atom. The monoisotopic (exact) mass is 377 g/mol. The molecule has 0 amide bonds. The molecule has 1 N–H and O–H groups in total. The van der Waals surface area contributed by atoms with Gasteiger partial charge < -0.3 is 9.72 Å². The number of nitriles is 1. The highest BCUT2D eigenvalue weighted by molar-refractivity contribution is 7.18. The number of allylic oxidation sites excluding steroid dienone is 1. The molecule has 1 aliphatic rings. The van der Waals surface area contributed by atoms with Crippen LogP contribution in [0.1, 0.15) is 35.2 Å². The van der Waals surface area contributed by atoms with E-state index >= 15 is 0 Å². The van der Waals surface area contributed by atoms with Crippen LogP contribution in [0.25, 0.3) is 21.9 Å². The Labute approximate surface area is 161 Å². The van der Waals surface area contributed by atoms with Crippen LogP contribution < -0.4 is 10.3 Å². The van der Waals surface area contributed by atoms with Crippen molar-refractivity contribution < 1.29 is 4.74 Å². The van der Waals surface area contributed by atoms with Crippen LogP contribution in [0, 0.1) is 17.2 Å². The van der Waals surface area contributed by atoms with Crippen molar-refractivity contribution in [1.82, 2.24) is 9.97 Å². The second-order valence-corrected chi connectivity index (χ2v) is 7.97. The van der Waals surface area contributed by atoms with Gasteiger partial charge in [-0.15, -0.1) is 11.3 Å². The first-order valence-electron chi connectivity index (χ1n) is 8.90. The fraction of sp³-hybridized carbons (Fsp3) is 0.286. The van der Waals surface area contributed by atoms with Crippen molar-refractivity contribution in [2.75, 3.05) is 7.11 Å². The number of nitrogens with zero attached hydrogens (tertiary/aromatic N) is 2. The first-order valence-corrected chi connectivity index (χ1v) is 9.71. The van der Waals surface area contributed by atoms with Crippen molar-refractivity contribution in [1.29, 1.82) is 5.26 Å². The Bertz CT molecular complexity index is 1130. The average Bonchev–Trinajstić information content (AvgIpc) is 3.04. The Morgan fingerprint density at radius 2 is 2.19 bits per heavy atom. The Morgan fingerprint density at radius 1 is 1.41 bits per heavy atom. The fourth-order valence-electron chi connectivity index (χ4n) is 3.50. The predicted molar refractivity (Wildman–Crippen MR) is 108 cm³/mol. The van der Waals surface area contributed by atoms with E-state index in [2.05, 4.69) is 23.0 Å². The van der Waals surface area contributed by atoms with Crippen LogP contribution in [-0.2, 0) is 12.8 Å². The molecule has 0 fully saturated rings. The molecule has 1 unspecified atom stereocenters. The van der Waals surface area contributed by atoms with Gasteiger partial charge in [0.25, 0.3) is 5.56 Å². The molecule has 3 aromatic rings. The number of thiophene rings is 1. The van der Waals surface area contributed by atoms with Gasteiger partial charge in [0.15, 0.2) is 5.82 Å². The molecule has 0 spiro atoms. The number of aryl methyl sites for hydroxylation is 1. The maximum absolute atomic E-state index is 12.7. The molecule has 2 heterocycles. The van der Waals surface area contributed by atoms with Crippen molar-refractivity contribution in [2.45, 2.75) is 26.2 Å². The van der Waals surface area contributed by atoms with Crippen molar-refractivity contribution >= 4 is 33.2 Å². The van der Waals surface area contributed by atoms with E-state index in [4.69, 9.17) is 4.74 Å². The number of methoxy groups -OCH3 is 1. The summed E-state index contributed by atoms with van der Waals surface area (Å²) in [6.45, 7) is 2.24. The molecular formula is C21H19N3O2S. The van der Waals surface area contributed by atoms with Gasteiger partial charge in [-0.2, -0.15) is 5.26 Å². The summed E-state index contributed by atoms with van der Waals surface area (Å²) in [5, 5.41) is 10.3. The minimum atomic E-state index is -0.155. The lowest BCUT2D eigenvalue weighted by Gasteiger charge is -2.17. The first-order chi connectivity index (χ1) is 13.1. The number of hydrogen-bond donors (Lipinski definition) is 1. The van der Waals surface area contributed by atoms with Crippen molar-refractivity contribution in [2.24, 2.45) is 5.92 Å². The van der Waals surface area contributed by atoms with E-state index in [9.17, 15) is 10.1 Å². The highest BCUT2D eigenvalue weighted by Gasteiger charge is 2.23. The van der Waals surface area contributed by atoms with Gasteiger partial charge in [-0.05, 0) is 54.5 Å². The van der Waals surface area contributed by atoms with E-state index < -0.39 is 0 Å². The molecule has 1 aromatic carbocycles. The standard InChI is InChI=1S/C21H19N3O2S/c1-12-3-8-16-17(9-12)27-21-18(16)20(25)23-19(24-21)14(11-22)10-13-4-6-15(26-2)7-5-13/h4-7,10,12H,3,8-9H2,1-2H3,(H,23,24,25)/b14-10+. The maximum Gasteiger partial charge on any atom is 0.260 e. The van der Waals surface area contributed by atoms with E-state index in [1.54, 1.807) is 24.5 Å². The largest absolute Gasteiger partial charge is 0.497 e. The number of rotatable bonds is 3. The Kier molecular flexibility index (Phi) is 4.54. The molecule has 1 aliphatic carbocycles. The molecule has 0 bridgehead atoms. The lowest BCUT2D eigenvalue weighted by atomic mass is 9.89. The lowest BCUT2D eigenvalue weighted by molar-refractivity contribution is 0.415. The first kappa shape index (κ1) is 17.5. The van der Waals surface area contributed by atoms with Gasteiger partial charge in [0.2, 0.25) is 0 Å². The molecule has 27 heavy (non-hydrogen) atoms. The number of aromatic nitrogens is 2. The Hall–Kier alpha value is -2.91. The minimum absolute atomic E-state index is 0.155. The van der Waals surface area contributed by atoms with Crippen LogP contribution in [-0.4, -0.2) is 17.1 Å². The lowest BCUT2D eigenvalue weighted by Crippen LogP contribution is -2.14. The number of aromatic amines is 1. The second-order valence-electron chi connectivity index (χ2n) is 6.89. The van der Waals surface area contributed by atoms with Crippen LogP contribution in [0.5, 0.6) is 5.75 Å². The molecule has 0 aliphatic heterocycles. The fourth-order valence-corrected chi connectivity index (χ4v) is 4.88. The average molecular weight is 377 g/mol. The number of H-pyrrole nitrogens is 1. The van der Waals surface area contributed by atoms with Crippen LogP contribution in [0.15, 0.2) is 29.1 Å². The molecule has 1 atom stereocenters. The van der Waals surface area contributed by atoms with E-state index in [0.717, 1.165) is 41.0 Å². The van der Waals surface area contributed by atoms with Gasteiger partial charge in [-0.3, -0.25) is 4.79 Å². The molecule has 136 valence electrons. The Balaban J connectivity index is 1.79. The van der Waals surface area contributed by atoms with Gasteiger partial charge in [-0.1, -0.05) is 19.1 Å². The van der Waals surface area contributed by atoms with Gasteiger partial charge >= 0.3 is 0 Å². The van der Waals surface area contributed by atoms with Gasteiger partial charge in [-0.25, -0.2) is 4.98 Å². The third-order valence-corrected chi connectivity index (χ3v) is 6.12. The minimum Gasteiger partial charge on any atom is -0.497 e. The molecule has 4 rings (SSSR count). The number of fused-ring (bicyclic) bond motifs is 3. The van der Waals surface area contributed by atoms with Gasteiger partial charge in [0, 0.05) is 4.88 Å². The third kappa shape index (κ3) is 3.26. The van der Waals surface area contributed by atoms with Crippen LogP contribution in [0.3, 0.4) is 0 Å². The number of benzene rings is 1. The summed E-state index contributed by atoms with van der Waals surface area (Å²) >= 11 is 1.59. The summed E-state index contributed by atoms with van der Waals surface area (Å²) in [5.41, 5.74) is 2.16. The molecule has 0 saturated heterocycles. The summed E-state index contributed by atoms with van der Waals surface area (Å²) < 4.78 is 5.15. The van der Waals surface area contributed by atoms with E-state index in [-0.39, 0.29) is 5.56 Å². The molecule has 0 saturated carbocycles. The normalized spacial score (nSPS) is 16.8. The highest BCUT2D eigenvalue weighted by atomic mass is 32.1. The zero-order valence-corrected chi connectivity index (χ0v) is 16.0. The van der Waals surface area contributed by atoms with E-state index in [1.165, 1.54) is 4.88 Å². The van der Waals surface area contributed by atoms with E-state index in [0.29, 0.717) is 22.7 Å². The van der Waals surface area contributed by atoms with Crippen LogP contribution in [0.4, 0.5) is 0 Å². The molecule has 6 heteroatoms. The SMILES string of the molecule is COc1ccc(/C=C(\C#N)c2nc3sc4c(c3c(=O)[nH]2)CCC(C)C4)cc1. The summed E-state index contributed by atoms with van der Waals surface area (Å²) in [7, 11) is 1.61. The molecular weight excluding hydrogens is 358 g/mol. The molecule has 0 radical (unpaired) electrons. The maximum atomic E-state index is 12.7. The molecule has 2 aromatic heterocycles. The molecule has 5 nitrogen and oxygen atoms in total. The van der Waals surface area contributed by atoms with Crippen LogP contribution >= 0.6 is 11.3 Å². The predicted octanol–water partition coefficient (Wildman–Crippen LogP) is 4.18. The van der Waals surface area contributed by atoms with Crippen LogP contribution in [0.2, 0.25) is 0 Å². The topological polar surface area (TPSA) is 78.8 Å². The summed E-state index contributed by atoms with van der Waals surface area (Å²) in [5.74, 6) is 1.70. The number of ether oxygens (including phenoxy) is 1. The summed E-state index contributed by atoms with van der Waals surface area (Å²) in [6, 6.07) is 9.53. The van der Waals surface area contributed by atoms with Crippen molar-refractivity contribution in [3.05, 3.63) is 56.4 Å². The number of nitrogens with one attached hydrogen (secondary N) is 1. The highest BCUT2D eigenvalue weighted by Crippen LogP contribution is 2.35. The van der Waals surface area contributed by atoms with E-state index in [1.807, 2.05) is 24.3 Å². The number of hydrogen-bond acceptors (Lipinski definition) is 5. The smallest absolute Gasteiger partial charge is 0.260 e. The third-order valence-electron chi connectivity index (χ3n) is 4.97. The van der Waals surface area contributed by atoms with Crippen molar-refractivity contribution in [3.8, 4) is 11.8 Å². The van der Waals surface area contributed by atoms with Gasteiger partial charge in [0.1, 0.15) is 16.6 Å². The zero-order chi connectivity index (χ0) is 19.0. The quantitative estimate of drug-likeness (QED) is 0.695. The second kappa shape index (κ2) is 7.01. The van der Waals surface area contributed by atoms with Gasteiger partial charge in [0.05, 0.1) is 18.1 Å². The summed E-state index contributed by atoms with van der Waals surface area (Å²) in [4.78, 5) is 22.1. The van der Waals surface area contributed by atoms with Crippen molar-refractivity contribution in [3.63, 3.8) is 0 Å².